The van der Waals surface area contributed by atoms with Crippen molar-refractivity contribution in [3.8, 4) is 11.6 Å². The van der Waals surface area contributed by atoms with Gasteiger partial charge in [-0.1, -0.05) is 25.1 Å². The highest BCUT2D eigenvalue weighted by molar-refractivity contribution is 5.99. The maximum Gasteiger partial charge on any atom is 0.243 e. The molecule has 9 nitrogen and oxygen atoms in total. The molecule has 0 N–H and O–H groups in total. The first-order chi connectivity index (χ1) is 15.5. The molecule has 10 heteroatoms. The minimum absolute atomic E-state index is 0.00397. The van der Waals surface area contributed by atoms with Crippen LogP contribution >= 0.6 is 0 Å². The van der Waals surface area contributed by atoms with Gasteiger partial charge in [0.05, 0.1) is 0 Å². The minimum Gasteiger partial charge on any atom is -0.354 e. The Hall–Kier alpha value is -3.43. The number of nitrogens with zero attached hydrogens (tertiary/aromatic N) is 6. The number of aromatic nitrogens is 5. The molecule has 2 aromatic heterocycles. The Morgan fingerprint density at radius 2 is 1.97 bits per heavy atom. The van der Waals surface area contributed by atoms with Gasteiger partial charge < -0.3 is 9.42 Å². The van der Waals surface area contributed by atoms with Gasteiger partial charge in [-0.25, -0.2) is 4.39 Å². The number of anilines is 1. The molecule has 1 aliphatic heterocycles. The SMILES string of the molecule is CCC(=O)Cn1nnc(-c2cc(N3CCC(C(=O)c4cc(F)ccc4CC)CC3)no2)n1. The maximum atomic E-state index is 13.7. The Kier molecular flexibility index (Phi) is 6.38. The number of benzene rings is 1. The van der Waals surface area contributed by atoms with E-state index in [0.717, 1.165) is 5.56 Å². The summed E-state index contributed by atoms with van der Waals surface area (Å²) in [5, 5.41) is 16.1. The van der Waals surface area contributed by atoms with Gasteiger partial charge in [0, 0.05) is 37.1 Å². The number of piperidine rings is 1. The Labute approximate surface area is 184 Å². The smallest absolute Gasteiger partial charge is 0.243 e. The summed E-state index contributed by atoms with van der Waals surface area (Å²) in [4.78, 5) is 27.8. The molecule has 0 spiro atoms. The predicted octanol–water partition coefficient (Wildman–Crippen LogP) is 3.11. The molecule has 0 radical (unpaired) electrons. The second-order valence-electron chi connectivity index (χ2n) is 7.87. The van der Waals surface area contributed by atoms with Crippen molar-refractivity contribution in [2.45, 2.75) is 46.1 Å². The van der Waals surface area contributed by atoms with Crippen LogP contribution in [0.15, 0.2) is 28.8 Å². The molecule has 0 aliphatic carbocycles. The first-order valence-electron chi connectivity index (χ1n) is 10.8. The number of carbonyl (C=O) groups excluding carboxylic acids is 2. The van der Waals surface area contributed by atoms with Crippen molar-refractivity contribution in [2.24, 2.45) is 5.92 Å². The zero-order chi connectivity index (χ0) is 22.7. The van der Waals surface area contributed by atoms with Gasteiger partial charge in [0.25, 0.3) is 0 Å². The van der Waals surface area contributed by atoms with Crippen molar-refractivity contribution >= 4 is 17.4 Å². The van der Waals surface area contributed by atoms with Crippen molar-refractivity contribution in [3.63, 3.8) is 0 Å². The van der Waals surface area contributed by atoms with Gasteiger partial charge in [-0.3, -0.25) is 9.59 Å². The van der Waals surface area contributed by atoms with Crippen LogP contribution in [0.1, 0.15) is 49.0 Å². The average Bonchev–Trinajstić information content (AvgIpc) is 3.48. The van der Waals surface area contributed by atoms with Gasteiger partial charge in [0.1, 0.15) is 12.4 Å². The van der Waals surface area contributed by atoms with Gasteiger partial charge in [-0.15, -0.1) is 10.2 Å². The van der Waals surface area contributed by atoms with E-state index in [0.29, 0.717) is 55.9 Å². The molecular weight excluding hydrogens is 415 g/mol. The van der Waals surface area contributed by atoms with Gasteiger partial charge in [-0.2, -0.15) is 4.80 Å². The van der Waals surface area contributed by atoms with Crippen LogP contribution in [-0.2, 0) is 17.8 Å². The number of ketones is 2. The summed E-state index contributed by atoms with van der Waals surface area (Å²) < 4.78 is 19.1. The first kappa shape index (κ1) is 21.8. The summed E-state index contributed by atoms with van der Waals surface area (Å²) in [7, 11) is 0. The number of halogens is 1. The number of hydrogen-bond donors (Lipinski definition) is 0. The van der Waals surface area contributed by atoms with Crippen LogP contribution in [0, 0.1) is 11.7 Å². The van der Waals surface area contributed by atoms with E-state index in [1.54, 1.807) is 19.1 Å². The highest BCUT2D eigenvalue weighted by Gasteiger charge is 2.29. The molecule has 32 heavy (non-hydrogen) atoms. The van der Waals surface area contributed by atoms with E-state index in [1.165, 1.54) is 16.9 Å². The molecule has 1 saturated heterocycles. The van der Waals surface area contributed by atoms with Gasteiger partial charge >= 0.3 is 0 Å². The highest BCUT2D eigenvalue weighted by atomic mass is 19.1. The van der Waals surface area contributed by atoms with Crippen molar-refractivity contribution in [3.05, 3.63) is 41.2 Å². The Morgan fingerprint density at radius 1 is 1.19 bits per heavy atom. The molecule has 4 rings (SSSR count). The lowest BCUT2D eigenvalue weighted by Crippen LogP contribution is -2.36. The number of carbonyl (C=O) groups is 2. The molecule has 0 atom stereocenters. The van der Waals surface area contributed by atoms with Gasteiger partial charge in [0.2, 0.25) is 11.6 Å². The van der Waals surface area contributed by atoms with E-state index in [-0.39, 0.29) is 35.7 Å². The van der Waals surface area contributed by atoms with Crippen LogP contribution in [0.4, 0.5) is 10.2 Å². The average molecular weight is 440 g/mol. The molecule has 1 fully saturated rings. The monoisotopic (exact) mass is 440 g/mol. The van der Waals surface area contributed by atoms with E-state index in [2.05, 4.69) is 20.6 Å². The topological polar surface area (TPSA) is 107 Å². The zero-order valence-corrected chi connectivity index (χ0v) is 18.1. The van der Waals surface area contributed by atoms with Gasteiger partial charge in [0.15, 0.2) is 17.4 Å². The molecule has 1 aliphatic rings. The second kappa shape index (κ2) is 9.37. The lowest BCUT2D eigenvalue weighted by Gasteiger charge is -2.31. The third-order valence-electron chi connectivity index (χ3n) is 5.79. The van der Waals surface area contributed by atoms with Crippen LogP contribution in [0.3, 0.4) is 0 Å². The standard InChI is InChI=1S/C22H25FN6O3/c1-3-14-5-6-16(23)11-18(14)21(31)15-7-9-28(10-8-15)20-12-19(32-26-20)22-24-27-29(25-22)13-17(30)4-2/h5-6,11-12,15H,3-4,7-10,13H2,1-2H3. The van der Waals surface area contributed by atoms with Crippen LogP contribution in [-0.4, -0.2) is 50.0 Å². The van der Waals surface area contributed by atoms with Crippen molar-refractivity contribution < 1.29 is 18.5 Å². The summed E-state index contributed by atoms with van der Waals surface area (Å²) in [6, 6.07) is 6.17. The van der Waals surface area contributed by atoms with E-state index < -0.39 is 0 Å². The van der Waals surface area contributed by atoms with Crippen molar-refractivity contribution in [1.82, 2.24) is 25.4 Å². The fourth-order valence-electron chi connectivity index (χ4n) is 3.88. The fraction of sp³-hybridized carbons (Fsp3) is 0.455. The molecule has 1 aromatic carbocycles. The lowest BCUT2D eigenvalue weighted by atomic mass is 9.86. The van der Waals surface area contributed by atoms with Crippen molar-refractivity contribution in [1.29, 1.82) is 0 Å². The summed E-state index contributed by atoms with van der Waals surface area (Å²) in [6.45, 7) is 5.07. The van der Waals surface area contributed by atoms with Gasteiger partial charge in [-0.05, 0) is 42.2 Å². The fourth-order valence-corrected chi connectivity index (χ4v) is 3.88. The Balaban J connectivity index is 1.39. The van der Waals surface area contributed by atoms with E-state index in [4.69, 9.17) is 4.52 Å². The Bertz CT molecular complexity index is 1120. The molecule has 0 unspecified atom stereocenters. The van der Waals surface area contributed by atoms with Crippen LogP contribution in [0.5, 0.6) is 0 Å². The normalized spacial score (nSPS) is 14.7. The molecule has 0 bridgehead atoms. The maximum absolute atomic E-state index is 13.7. The molecule has 0 saturated carbocycles. The third kappa shape index (κ3) is 4.58. The summed E-state index contributed by atoms with van der Waals surface area (Å²) in [5.41, 5.74) is 1.37. The van der Waals surface area contributed by atoms with Crippen molar-refractivity contribution in [2.75, 3.05) is 18.0 Å². The zero-order valence-electron chi connectivity index (χ0n) is 18.1. The van der Waals surface area contributed by atoms with E-state index in [1.807, 2.05) is 11.8 Å². The second-order valence-corrected chi connectivity index (χ2v) is 7.87. The molecule has 0 amide bonds. The van der Waals surface area contributed by atoms with Crippen LogP contribution in [0.2, 0.25) is 0 Å². The molecule has 3 heterocycles. The predicted molar refractivity (Wildman–Crippen MR) is 114 cm³/mol. The molecular formula is C22H25FN6O3. The first-order valence-corrected chi connectivity index (χ1v) is 10.8. The number of hydrogen-bond acceptors (Lipinski definition) is 8. The highest BCUT2D eigenvalue weighted by Crippen LogP contribution is 2.28. The number of Topliss-reactive ketones (excluding diaryl/α,β-unsaturated/α-hetero) is 2. The summed E-state index contributed by atoms with van der Waals surface area (Å²) in [5.74, 6) is 0.729. The van der Waals surface area contributed by atoms with Crippen LogP contribution in [0.25, 0.3) is 11.6 Å². The summed E-state index contributed by atoms with van der Waals surface area (Å²) in [6.07, 6.45) is 2.39. The van der Waals surface area contributed by atoms with Crippen LogP contribution < -0.4 is 4.90 Å². The van der Waals surface area contributed by atoms with E-state index in [9.17, 15) is 14.0 Å². The molecule has 168 valence electrons. The largest absolute Gasteiger partial charge is 0.354 e. The minimum atomic E-state index is -0.386. The quantitative estimate of drug-likeness (QED) is 0.492. The summed E-state index contributed by atoms with van der Waals surface area (Å²) >= 11 is 0. The third-order valence-corrected chi connectivity index (χ3v) is 5.79. The molecule has 3 aromatic rings. The Morgan fingerprint density at radius 3 is 2.69 bits per heavy atom. The number of tetrazole rings is 1. The number of aryl methyl sites for hydroxylation is 1. The van der Waals surface area contributed by atoms with E-state index >= 15 is 0 Å². The lowest BCUT2D eigenvalue weighted by molar-refractivity contribution is -0.119. The number of rotatable bonds is 8.